The maximum absolute atomic E-state index is 13.3. The fourth-order valence-corrected chi connectivity index (χ4v) is 4.79. The predicted octanol–water partition coefficient (Wildman–Crippen LogP) is 6.60. The molecule has 6 rings (SSSR count). The van der Waals surface area contributed by atoms with Gasteiger partial charge in [0.05, 0.1) is 49.8 Å². The smallest absolute Gasteiger partial charge is 0.343 e. The highest BCUT2D eigenvalue weighted by molar-refractivity contribution is 5.97. The highest BCUT2D eigenvalue weighted by Crippen LogP contribution is 2.28. The number of hydrogen-bond acceptors (Lipinski definition) is 10. The summed E-state index contributed by atoms with van der Waals surface area (Å²) in [5, 5.41) is 0. The fraction of sp³-hybridized carbons (Fsp3) is 0.289. The molecule has 248 valence electrons. The van der Waals surface area contributed by atoms with Gasteiger partial charge in [0.15, 0.2) is 0 Å². The lowest BCUT2D eigenvalue weighted by atomic mass is 10.1. The van der Waals surface area contributed by atoms with Crippen LogP contribution in [0.1, 0.15) is 62.3 Å². The van der Waals surface area contributed by atoms with Gasteiger partial charge in [-0.15, -0.1) is 0 Å². The molecule has 0 aromatic heterocycles. The third kappa shape index (κ3) is 9.90. The summed E-state index contributed by atoms with van der Waals surface area (Å²) < 4.78 is 38.6. The molecule has 2 heterocycles. The molecule has 0 N–H and O–H groups in total. The Morgan fingerprint density at radius 2 is 1.12 bits per heavy atom. The van der Waals surface area contributed by atoms with Crippen LogP contribution >= 0.6 is 0 Å². The minimum absolute atomic E-state index is 0.00496. The Kier molecular flexibility index (Phi) is 11.0. The molecule has 2 atom stereocenters. The zero-order valence-electron chi connectivity index (χ0n) is 26.3. The summed E-state index contributed by atoms with van der Waals surface area (Å²) in [6.45, 7) is 2.74. The van der Waals surface area contributed by atoms with Gasteiger partial charge in [0.25, 0.3) is 0 Å². The lowest BCUT2D eigenvalue weighted by molar-refractivity contribution is 0.0465. The first-order chi connectivity index (χ1) is 23.5. The average molecular weight is 653 g/mol. The monoisotopic (exact) mass is 652 g/mol. The van der Waals surface area contributed by atoms with E-state index in [2.05, 4.69) is 0 Å². The number of carbonyl (C=O) groups excluding carboxylic acids is 3. The number of esters is 3. The minimum atomic E-state index is -0.755. The van der Waals surface area contributed by atoms with Gasteiger partial charge in [-0.05, 0) is 98.0 Å². The molecule has 0 radical (unpaired) electrons. The van der Waals surface area contributed by atoms with Crippen molar-refractivity contribution in [3.63, 3.8) is 0 Å². The number of epoxide rings is 2. The number of carbonyl (C=O) groups is 3. The van der Waals surface area contributed by atoms with Gasteiger partial charge in [0.1, 0.15) is 35.2 Å². The van der Waals surface area contributed by atoms with Crippen LogP contribution in [0.15, 0.2) is 97.1 Å². The van der Waals surface area contributed by atoms with Crippen molar-refractivity contribution in [1.29, 1.82) is 0 Å². The van der Waals surface area contributed by atoms with Crippen LogP contribution in [0.5, 0.6) is 23.0 Å². The molecule has 2 fully saturated rings. The summed E-state index contributed by atoms with van der Waals surface area (Å²) in [6, 6.07) is 26.5. The van der Waals surface area contributed by atoms with Crippen molar-refractivity contribution in [3.8, 4) is 23.0 Å². The van der Waals surface area contributed by atoms with E-state index in [0.29, 0.717) is 42.5 Å². The molecule has 2 unspecified atom stereocenters. The van der Waals surface area contributed by atoms with Crippen LogP contribution in [0.4, 0.5) is 0 Å². The van der Waals surface area contributed by atoms with Crippen LogP contribution in [0.25, 0.3) is 0 Å². The molecule has 10 nitrogen and oxygen atoms in total. The van der Waals surface area contributed by atoms with E-state index >= 15 is 0 Å². The largest absolute Gasteiger partial charge is 0.494 e. The van der Waals surface area contributed by atoms with E-state index in [0.717, 1.165) is 44.5 Å². The normalized spacial score (nSPS) is 16.0. The summed E-state index contributed by atoms with van der Waals surface area (Å²) in [5.74, 6) is -0.782. The molecule has 0 aliphatic carbocycles. The molecule has 2 aliphatic heterocycles. The van der Waals surface area contributed by atoms with Crippen LogP contribution in [0.2, 0.25) is 0 Å². The Balaban J connectivity index is 1.10. The van der Waals surface area contributed by atoms with Crippen molar-refractivity contribution >= 4 is 17.9 Å². The van der Waals surface area contributed by atoms with Crippen molar-refractivity contribution in [2.75, 3.05) is 26.4 Å². The van der Waals surface area contributed by atoms with Gasteiger partial charge in [-0.3, -0.25) is 0 Å². The summed E-state index contributed by atoms with van der Waals surface area (Å²) in [7, 11) is 0. The Bertz CT molecular complexity index is 1680. The van der Waals surface area contributed by atoms with Gasteiger partial charge in [-0.1, -0.05) is 30.3 Å². The van der Waals surface area contributed by atoms with E-state index in [1.54, 1.807) is 48.5 Å². The van der Waals surface area contributed by atoms with Gasteiger partial charge < -0.3 is 33.2 Å². The molecule has 0 saturated carbocycles. The number of rotatable bonds is 17. The molecular formula is C38H36O10. The maximum Gasteiger partial charge on any atom is 0.343 e. The molecule has 48 heavy (non-hydrogen) atoms. The first kappa shape index (κ1) is 32.7. The van der Waals surface area contributed by atoms with Gasteiger partial charge in [-0.25, -0.2) is 14.4 Å². The summed E-state index contributed by atoms with van der Waals surface area (Å²) in [5.41, 5.74) is 1.25. The number of ether oxygens (including phenoxy) is 7. The summed E-state index contributed by atoms with van der Waals surface area (Å²) >= 11 is 0. The number of benzene rings is 4. The van der Waals surface area contributed by atoms with Crippen LogP contribution < -0.4 is 18.9 Å². The Morgan fingerprint density at radius 1 is 0.604 bits per heavy atom. The molecule has 2 saturated heterocycles. The van der Waals surface area contributed by atoms with Crippen molar-refractivity contribution in [2.45, 2.75) is 44.5 Å². The Hall–Kier alpha value is -5.19. The summed E-state index contributed by atoms with van der Waals surface area (Å²) in [4.78, 5) is 39.3. The average Bonchev–Trinajstić information content (AvgIpc) is 4.06. The fourth-order valence-electron chi connectivity index (χ4n) is 4.79. The highest BCUT2D eigenvalue weighted by Gasteiger charge is 2.23. The zero-order valence-corrected chi connectivity index (χ0v) is 26.3. The van der Waals surface area contributed by atoms with Crippen molar-refractivity contribution < 1.29 is 47.5 Å². The molecule has 0 amide bonds. The Morgan fingerprint density at radius 3 is 1.67 bits per heavy atom. The van der Waals surface area contributed by atoms with Gasteiger partial charge in [0, 0.05) is 0 Å². The second kappa shape index (κ2) is 16.1. The first-order valence-corrected chi connectivity index (χ1v) is 16.0. The molecule has 0 spiro atoms. The third-order valence-electron chi connectivity index (χ3n) is 7.66. The van der Waals surface area contributed by atoms with Gasteiger partial charge >= 0.3 is 17.9 Å². The lowest BCUT2D eigenvalue weighted by Gasteiger charge is -2.13. The van der Waals surface area contributed by atoms with Gasteiger partial charge in [0.2, 0.25) is 0 Å². The Labute approximate surface area is 278 Å². The maximum atomic E-state index is 13.3. The summed E-state index contributed by atoms with van der Waals surface area (Å²) in [6.07, 6.45) is 4.39. The van der Waals surface area contributed by atoms with Crippen LogP contribution in [-0.2, 0) is 20.8 Å². The van der Waals surface area contributed by atoms with E-state index in [1.807, 2.05) is 30.3 Å². The number of hydrogen-bond donors (Lipinski definition) is 0. The van der Waals surface area contributed by atoms with E-state index in [4.69, 9.17) is 33.2 Å². The third-order valence-corrected chi connectivity index (χ3v) is 7.66. The van der Waals surface area contributed by atoms with E-state index in [9.17, 15) is 14.4 Å². The topological polar surface area (TPSA) is 122 Å². The molecular weight excluding hydrogens is 616 g/mol. The first-order valence-electron chi connectivity index (χ1n) is 16.0. The van der Waals surface area contributed by atoms with E-state index in [1.165, 1.54) is 18.2 Å². The zero-order chi connectivity index (χ0) is 33.1. The van der Waals surface area contributed by atoms with Crippen molar-refractivity contribution in [1.82, 2.24) is 0 Å². The molecule has 2 aliphatic rings. The van der Waals surface area contributed by atoms with Crippen LogP contribution in [0, 0.1) is 0 Å². The second-order valence-corrected chi connectivity index (χ2v) is 11.4. The molecule has 4 aromatic rings. The minimum Gasteiger partial charge on any atom is -0.494 e. The SMILES string of the molecule is O=C(Oc1ccc(OC(=O)c2ccc(OCCCC3CO3)cc2)c(C(=O)OCc2ccccc2)c1)c1ccc(OCCCC2CO2)cc1. The standard InChI is InChI=1S/C38H36O10/c39-36(27-10-14-29(15-11-27)42-20-4-8-32-24-44-32)47-31-18-19-35(34(22-31)38(41)46-23-26-6-2-1-3-7-26)48-37(40)28-12-16-30(17-13-28)43-21-5-9-33-25-45-33/h1-3,6-7,10-19,22,32-33H,4-5,8-9,20-21,23-25H2. The second-order valence-electron chi connectivity index (χ2n) is 11.4. The van der Waals surface area contributed by atoms with Crippen molar-refractivity contribution in [3.05, 3.63) is 119 Å². The highest BCUT2D eigenvalue weighted by atomic mass is 16.6. The van der Waals surface area contributed by atoms with Gasteiger partial charge in [-0.2, -0.15) is 0 Å². The van der Waals surface area contributed by atoms with Crippen LogP contribution in [-0.4, -0.2) is 56.5 Å². The quantitative estimate of drug-likeness (QED) is 0.0534. The van der Waals surface area contributed by atoms with E-state index in [-0.39, 0.29) is 29.2 Å². The molecule has 4 aromatic carbocycles. The lowest BCUT2D eigenvalue weighted by Crippen LogP contribution is -2.14. The molecule has 0 bridgehead atoms. The van der Waals surface area contributed by atoms with Crippen molar-refractivity contribution in [2.24, 2.45) is 0 Å². The van der Waals surface area contributed by atoms with E-state index < -0.39 is 17.9 Å². The predicted molar refractivity (Wildman–Crippen MR) is 174 cm³/mol. The van der Waals surface area contributed by atoms with Crippen LogP contribution in [0.3, 0.4) is 0 Å². The molecule has 10 heteroatoms.